The van der Waals surface area contributed by atoms with Crippen molar-refractivity contribution in [2.24, 2.45) is 0 Å². The van der Waals surface area contributed by atoms with Crippen LogP contribution in [0.25, 0.3) is 37.1 Å². The molecule has 2 nitrogen and oxygen atoms in total. The summed E-state index contributed by atoms with van der Waals surface area (Å²) in [4.78, 5) is 0. The Labute approximate surface area is 197 Å². The molecule has 1 aromatic heterocycles. The normalized spacial score (nSPS) is 14.2. The Morgan fingerprint density at radius 2 is 1.70 bits per heavy atom. The van der Waals surface area contributed by atoms with Crippen molar-refractivity contribution in [2.45, 2.75) is 24.2 Å². The molecule has 0 spiro atoms. The SMILES string of the molecule is C=[N+]1c2ccc3ccccc3c2[C]([Ge]([CH3])([CH3])[CH3])=C[C-]1c1cc(C)cc2c1[o+][c-]1ccccc21. The molecule has 0 bridgehead atoms. The predicted octanol–water partition coefficient (Wildman–Crippen LogP) is 8.25. The molecule has 3 heteroatoms. The zero-order chi connectivity index (χ0) is 22.9. The number of furan rings is 1. The fourth-order valence-electron chi connectivity index (χ4n) is 5.16. The van der Waals surface area contributed by atoms with Gasteiger partial charge in [-0.05, 0) is 0 Å². The van der Waals surface area contributed by atoms with Crippen molar-refractivity contribution in [3.05, 3.63) is 102 Å². The fraction of sp³-hybridized carbons (Fsp3) is 0.133. The molecule has 0 saturated heterocycles. The molecule has 1 aliphatic heterocycles. The van der Waals surface area contributed by atoms with Gasteiger partial charge in [0, 0.05) is 0 Å². The summed E-state index contributed by atoms with van der Waals surface area (Å²) in [6.45, 7) is 6.70. The molecule has 0 aliphatic carbocycles. The predicted molar refractivity (Wildman–Crippen MR) is 143 cm³/mol. The summed E-state index contributed by atoms with van der Waals surface area (Å²) in [6, 6.07) is 27.0. The Morgan fingerprint density at radius 1 is 0.909 bits per heavy atom. The molecular weight excluding hydrogens is 463 g/mol. The number of aryl methyl sites for hydroxylation is 1. The van der Waals surface area contributed by atoms with Crippen molar-refractivity contribution >= 4 is 62.8 Å². The number of fused-ring (bicyclic) bond motifs is 6. The summed E-state index contributed by atoms with van der Waals surface area (Å²) in [5.74, 6) is 7.42. The van der Waals surface area contributed by atoms with Crippen LogP contribution in [0.4, 0.5) is 5.69 Å². The van der Waals surface area contributed by atoms with E-state index in [1.165, 1.54) is 32.0 Å². The number of hydrogen-bond donors (Lipinski definition) is 0. The maximum absolute atomic E-state index is 6.43. The molecular formula is C30H27GeNO. The Balaban J connectivity index is 1.67. The van der Waals surface area contributed by atoms with Gasteiger partial charge in [0.15, 0.2) is 0 Å². The van der Waals surface area contributed by atoms with Crippen LogP contribution in [-0.4, -0.2) is 24.6 Å². The van der Waals surface area contributed by atoms with Gasteiger partial charge in [-0.25, -0.2) is 0 Å². The van der Waals surface area contributed by atoms with Crippen molar-refractivity contribution in [1.82, 2.24) is 0 Å². The van der Waals surface area contributed by atoms with Crippen molar-refractivity contribution in [3.8, 4) is 0 Å². The Morgan fingerprint density at radius 3 is 2.52 bits per heavy atom. The molecule has 0 atom stereocenters. The van der Waals surface area contributed by atoms with Crippen LogP contribution >= 0.6 is 0 Å². The van der Waals surface area contributed by atoms with Crippen LogP contribution in [-0.2, 0) is 0 Å². The van der Waals surface area contributed by atoms with E-state index in [0.717, 1.165) is 33.5 Å². The second-order valence-corrected chi connectivity index (χ2v) is 20.7. The molecule has 0 amide bonds. The number of rotatable bonds is 2. The summed E-state index contributed by atoms with van der Waals surface area (Å²) in [5.41, 5.74) is 6.73. The third-order valence-corrected chi connectivity index (χ3v) is 11.0. The molecule has 4 aromatic carbocycles. The fourth-order valence-corrected chi connectivity index (χ4v) is 8.48. The van der Waals surface area contributed by atoms with E-state index < -0.39 is 13.3 Å². The van der Waals surface area contributed by atoms with E-state index in [4.69, 9.17) is 4.42 Å². The second kappa shape index (κ2) is 7.13. The van der Waals surface area contributed by atoms with E-state index in [1.54, 1.807) is 0 Å². The summed E-state index contributed by atoms with van der Waals surface area (Å²) in [7, 11) is 0. The molecule has 0 unspecified atom stereocenters. The van der Waals surface area contributed by atoms with Gasteiger partial charge in [0.2, 0.25) is 0 Å². The molecule has 5 aromatic rings. The van der Waals surface area contributed by atoms with E-state index in [1.807, 2.05) is 6.07 Å². The Bertz CT molecular complexity index is 1630. The summed E-state index contributed by atoms with van der Waals surface area (Å²) < 4.78 is 10.0. The van der Waals surface area contributed by atoms with Crippen molar-refractivity contribution in [3.63, 3.8) is 0 Å². The minimum atomic E-state index is -2.26. The van der Waals surface area contributed by atoms with E-state index in [9.17, 15) is 0 Å². The van der Waals surface area contributed by atoms with E-state index in [2.05, 4.69) is 108 Å². The molecule has 2 heterocycles. The third-order valence-electron chi connectivity index (χ3n) is 6.75. The first-order valence-electron chi connectivity index (χ1n) is 11.5. The van der Waals surface area contributed by atoms with Crippen molar-refractivity contribution < 1.29 is 8.99 Å². The van der Waals surface area contributed by atoms with Gasteiger partial charge in [-0.1, -0.05) is 0 Å². The van der Waals surface area contributed by atoms with Crippen LogP contribution in [0.15, 0.2) is 83.3 Å². The zero-order valence-electron chi connectivity index (χ0n) is 19.6. The van der Waals surface area contributed by atoms with Gasteiger partial charge >= 0.3 is 198 Å². The first kappa shape index (κ1) is 20.4. The van der Waals surface area contributed by atoms with Gasteiger partial charge in [-0.3, -0.25) is 0 Å². The van der Waals surface area contributed by atoms with E-state index >= 15 is 0 Å². The van der Waals surface area contributed by atoms with Gasteiger partial charge in [0.1, 0.15) is 0 Å². The van der Waals surface area contributed by atoms with E-state index in [0.29, 0.717) is 0 Å². The number of hydrogen-bond acceptors (Lipinski definition) is 0. The summed E-state index contributed by atoms with van der Waals surface area (Å²) >= 11 is -2.26. The Kier molecular flexibility index (Phi) is 4.40. The number of nitrogens with zero attached hydrogens (tertiary/aromatic N) is 1. The van der Waals surface area contributed by atoms with Crippen molar-refractivity contribution in [1.29, 1.82) is 0 Å². The van der Waals surface area contributed by atoms with E-state index in [-0.39, 0.29) is 0 Å². The van der Waals surface area contributed by atoms with Crippen LogP contribution in [0.1, 0.15) is 16.7 Å². The van der Waals surface area contributed by atoms with Crippen LogP contribution in [0.3, 0.4) is 0 Å². The van der Waals surface area contributed by atoms with Gasteiger partial charge < -0.3 is 0 Å². The summed E-state index contributed by atoms with van der Waals surface area (Å²) in [5, 5.41) is 4.92. The van der Waals surface area contributed by atoms with Crippen LogP contribution in [0, 0.1) is 13.0 Å². The average Bonchev–Trinajstić information content (AvgIpc) is 3.16. The van der Waals surface area contributed by atoms with Crippen molar-refractivity contribution in [2.75, 3.05) is 0 Å². The first-order valence-corrected chi connectivity index (χ1v) is 18.8. The summed E-state index contributed by atoms with van der Waals surface area (Å²) in [6.07, 6.45) is 2.41. The van der Waals surface area contributed by atoms with Gasteiger partial charge in [-0.2, -0.15) is 0 Å². The quantitative estimate of drug-likeness (QED) is 0.105. The second-order valence-electron chi connectivity index (χ2n) is 10.1. The van der Waals surface area contributed by atoms with Gasteiger partial charge in [0.25, 0.3) is 0 Å². The third kappa shape index (κ3) is 3.08. The van der Waals surface area contributed by atoms with Crippen LogP contribution in [0.2, 0.25) is 17.3 Å². The molecule has 6 rings (SSSR count). The standard InChI is InChI=1S/C30H27GeNO/c1-19-16-23-22-12-8-9-13-28(22)33-30(23)24(17-19)27-18-25(31(2,3)4)29-21-11-7-6-10-20(21)14-15-26(29)32(27)5/h6-18H,5H2,1-4H3. The first-order chi connectivity index (χ1) is 15.8. The average molecular weight is 490 g/mol. The molecule has 1 aliphatic rings. The molecule has 0 N–H and O–H groups in total. The number of benzene rings is 4. The number of para-hydroxylation sites is 1. The molecule has 33 heavy (non-hydrogen) atoms. The van der Waals surface area contributed by atoms with Gasteiger partial charge in [-0.15, -0.1) is 0 Å². The maximum atomic E-state index is 6.43. The van der Waals surface area contributed by atoms with Crippen LogP contribution in [0.5, 0.6) is 0 Å². The monoisotopic (exact) mass is 491 g/mol. The molecule has 0 radical (unpaired) electrons. The molecule has 162 valence electrons. The Hall–Kier alpha value is -3.24. The van der Waals surface area contributed by atoms with Gasteiger partial charge in [0.05, 0.1) is 0 Å². The molecule has 0 fully saturated rings. The van der Waals surface area contributed by atoms with Crippen LogP contribution < -0.4 is 0 Å². The minimum absolute atomic E-state index is 0.926. The topological polar surface area (TPSA) is 14.3 Å². The zero-order valence-corrected chi connectivity index (χ0v) is 21.7. The molecule has 0 saturated carbocycles.